The smallest absolute Gasteiger partial charge is 0.261 e. The van der Waals surface area contributed by atoms with E-state index >= 15 is 0 Å². The van der Waals surface area contributed by atoms with Crippen molar-refractivity contribution in [3.63, 3.8) is 0 Å². The molecule has 0 aliphatic carbocycles. The number of carbonyl (C=O) groups is 1. The van der Waals surface area contributed by atoms with Crippen LogP contribution < -0.4 is 10.9 Å². The Morgan fingerprint density at radius 3 is 2.96 bits per heavy atom. The highest BCUT2D eigenvalue weighted by Gasteiger charge is 2.22. The molecule has 1 aromatic heterocycles. The van der Waals surface area contributed by atoms with Crippen molar-refractivity contribution >= 4 is 16.8 Å². The number of likely N-dealkylation sites (tertiary alicyclic amines) is 1. The number of hydrogen-bond acceptors (Lipinski definition) is 4. The molecule has 26 heavy (non-hydrogen) atoms. The summed E-state index contributed by atoms with van der Waals surface area (Å²) in [7, 11) is 0. The lowest BCUT2D eigenvalue weighted by atomic mass is 9.97. The summed E-state index contributed by atoms with van der Waals surface area (Å²) in [6, 6.07) is 6.07. The second-order valence-corrected chi connectivity index (χ2v) is 7.55. The maximum Gasteiger partial charge on any atom is 0.261 e. The van der Waals surface area contributed by atoms with Crippen LogP contribution in [0.25, 0.3) is 10.9 Å². The number of nitrogens with zero attached hydrogens (tertiary/aromatic N) is 3. The fourth-order valence-corrected chi connectivity index (χ4v) is 3.65. The van der Waals surface area contributed by atoms with Crippen LogP contribution >= 0.6 is 0 Å². The molecule has 1 N–H and O–H groups in total. The molecule has 1 aromatic carbocycles. The predicted octanol–water partition coefficient (Wildman–Crippen LogP) is 1.94. The van der Waals surface area contributed by atoms with Gasteiger partial charge in [0.2, 0.25) is 5.91 Å². The number of benzene rings is 1. The molecule has 0 radical (unpaired) electrons. The summed E-state index contributed by atoms with van der Waals surface area (Å²) in [5.74, 6) is 0.340. The number of nitrogens with one attached hydrogen (secondary N) is 1. The predicted molar refractivity (Wildman–Crippen MR) is 103 cm³/mol. The summed E-state index contributed by atoms with van der Waals surface area (Å²) in [6.07, 6.45) is 3.78. The molecular weight excluding hydrogens is 328 g/mol. The second-order valence-electron chi connectivity index (χ2n) is 7.55. The first-order chi connectivity index (χ1) is 12.5. The molecule has 0 bridgehead atoms. The van der Waals surface area contributed by atoms with Gasteiger partial charge in [-0.1, -0.05) is 12.1 Å². The summed E-state index contributed by atoms with van der Waals surface area (Å²) in [4.78, 5) is 31.7. The number of piperidine rings is 1. The minimum atomic E-state index is -0.169. The van der Waals surface area contributed by atoms with Crippen molar-refractivity contribution in [3.8, 4) is 0 Å². The Hall–Kier alpha value is -2.21. The van der Waals surface area contributed by atoms with Gasteiger partial charge >= 0.3 is 0 Å². The van der Waals surface area contributed by atoms with E-state index in [9.17, 15) is 9.59 Å². The lowest BCUT2D eigenvalue weighted by Crippen LogP contribution is -2.44. The van der Waals surface area contributed by atoms with Crippen LogP contribution in [-0.2, 0) is 11.3 Å². The summed E-state index contributed by atoms with van der Waals surface area (Å²) in [5.41, 5.74) is 1.49. The van der Waals surface area contributed by atoms with Gasteiger partial charge in [0.15, 0.2) is 0 Å². The normalized spacial score (nSPS) is 18.4. The first-order valence-electron chi connectivity index (χ1n) is 9.41. The Labute approximate surface area is 154 Å². The van der Waals surface area contributed by atoms with Crippen molar-refractivity contribution in [2.45, 2.75) is 46.2 Å². The highest BCUT2D eigenvalue weighted by Crippen LogP contribution is 2.17. The van der Waals surface area contributed by atoms with Crippen molar-refractivity contribution < 1.29 is 4.79 Å². The van der Waals surface area contributed by atoms with Crippen LogP contribution in [0.5, 0.6) is 0 Å². The van der Waals surface area contributed by atoms with Gasteiger partial charge in [-0.2, -0.15) is 0 Å². The SMILES string of the molecule is Cc1cccc2c(=O)n(CC(=O)NCC3CCCN(C(C)C)C3)cnc12. The molecule has 1 unspecified atom stereocenters. The van der Waals surface area contributed by atoms with E-state index in [1.165, 1.54) is 17.3 Å². The Morgan fingerprint density at radius 1 is 1.38 bits per heavy atom. The number of carbonyl (C=O) groups excluding carboxylic acids is 1. The van der Waals surface area contributed by atoms with Gasteiger partial charge in [-0.3, -0.25) is 14.2 Å². The second kappa shape index (κ2) is 7.99. The van der Waals surface area contributed by atoms with Gasteiger partial charge in [-0.25, -0.2) is 4.98 Å². The monoisotopic (exact) mass is 356 g/mol. The van der Waals surface area contributed by atoms with E-state index in [0.717, 1.165) is 25.1 Å². The van der Waals surface area contributed by atoms with Gasteiger partial charge < -0.3 is 10.2 Å². The molecular formula is C20H28N4O2. The maximum atomic E-state index is 12.6. The third-order valence-electron chi connectivity index (χ3n) is 5.24. The molecule has 6 nitrogen and oxygen atoms in total. The van der Waals surface area contributed by atoms with E-state index in [1.54, 1.807) is 6.07 Å². The first kappa shape index (κ1) is 18.6. The molecule has 1 amide bonds. The molecule has 1 saturated heterocycles. The maximum absolute atomic E-state index is 12.6. The zero-order valence-corrected chi connectivity index (χ0v) is 15.9. The molecule has 1 fully saturated rings. The van der Waals surface area contributed by atoms with Crippen LogP contribution in [0, 0.1) is 12.8 Å². The number of para-hydroxylation sites is 1. The van der Waals surface area contributed by atoms with Crippen molar-refractivity contribution in [1.82, 2.24) is 19.8 Å². The molecule has 2 aromatic rings. The number of aromatic nitrogens is 2. The molecule has 0 saturated carbocycles. The average Bonchev–Trinajstić information content (AvgIpc) is 2.63. The molecule has 1 aliphatic rings. The number of aryl methyl sites for hydroxylation is 1. The fourth-order valence-electron chi connectivity index (χ4n) is 3.65. The minimum absolute atomic E-state index is 0.0102. The van der Waals surface area contributed by atoms with Crippen LogP contribution in [0.2, 0.25) is 0 Å². The summed E-state index contributed by atoms with van der Waals surface area (Å²) >= 11 is 0. The Morgan fingerprint density at radius 2 is 2.19 bits per heavy atom. The quantitative estimate of drug-likeness (QED) is 0.889. The number of hydrogen-bond donors (Lipinski definition) is 1. The van der Waals surface area contributed by atoms with Crippen molar-refractivity contribution in [2.24, 2.45) is 5.92 Å². The number of amides is 1. The lowest BCUT2D eigenvalue weighted by Gasteiger charge is -2.35. The van der Waals surface area contributed by atoms with Crippen LogP contribution in [0.3, 0.4) is 0 Å². The largest absolute Gasteiger partial charge is 0.354 e. The highest BCUT2D eigenvalue weighted by atomic mass is 16.2. The van der Waals surface area contributed by atoms with Gasteiger partial charge in [0.05, 0.1) is 17.2 Å². The van der Waals surface area contributed by atoms with Crippen LogP contribution in [0.1, 0.15) is 32.3 Å². The van der Waals surface area contributed by atoms with Gasteiger partial charge in [-0.05, 0) is 57.7 Å². The average molecular weight is 356 g/mol. The van der Waals surface area contributed by atoms with E-state index in [1.807, 2.05) is 19.1 Å². The highest BCUT2D eigenvalue weighted by molar-refractivity contribution is 5.81. The van der Waals surface area contributed by atoms with Crippen molar-refractivity contribution in [1.29, 1.82) is 0 Å². The molecule has 1 atom stereocenters. The summed E-state index contributed by atoms with van der Waals surface area (Å²) in [6.45, 7) is 9.18. The Kier molecular flexibility index (Phi) is 5.71. The van der Waals surface area contributed by atoms with E-state index in [0.29, 0.717) is 29.4 Å². The van der Waals surface area contributed by atoms with Crippen LogP contribution in [0.4, 0.5) is 0 Å². The third kappa shape index (κ3) is 4.12. The van der Waals surface area contributed by atoms with Crippen molar-refractivity contribution in [2.75, 3.05) is 19.6 Å². The van der Waals surface area contributed by atoms with E-state index < -0.39 is 0 Å². The third-order valence-corrected chi connectivity index (χ3v) is 5.24. The minimum Gasteiger partial charge on any atom is -0.354 e. The zero-order valence-electron chi connectivity index (χ0n) is 15.9. The van der Waals surface area contributed by atoms with Crippen LogP contribution in [0.15, 0.2) is 29.3 Å². The molecule has 6 heteroatoms. The topological polar surface area (TPSA) is 67.2 Å². The lowest BCUT2D eigenvalue weighted by molar-refractivity contribution is -0.122. The Balaban J connectivity index is 1.61. The summed E-state index contributed by atoms with van der Waals surface area (Å²) < 4.78 is 1.39. The van der Waals surface area contributed by atoms with Crippen molar-refractivity contribution in [3.05, 3.63) is 40.4 Å². The number of fused-ring (bicyclic) bond motifs is 1. The molecule has 2 heterocycles. The van der Waals surface area contributed by atoms with Gasteiger partial charge in [-0.15, -0.1) is 0 Å². The van der Waals surface area contributed by atoms with Gasteiger partial charge in [0.25, 0.3) is 5.56 Å². The Bertz CT molecular complexity index is 843. The van der Waals surface area contributed by atoms with E-state index in [4.69, 9.17) is 0 Å². The molecule has 0 spiro atoms. The van der Waals surface area contributed by atoms with Gasteiger partial charge in [0.1, 0.15) is 6.54 Å². The first-order valence-corrected chi connectivity index (χ1v) is 9.41. The zero-order chi connectivity index (χ0) is 18.7. The van der Waals surface area contributed by atoms with E-state index in [-0.39, 0.29) is 18.0 Å². The number of rotatable bonds is 5. The van der Waals surface area contributed by atoms with Gasteiger partial charge in [0, 0.05) is 19.1 Å². The standard InChI is InChI=1S/C20H28N4O2/c1-14(2)23-9-5-7-16(11-23)10-21-18(25)12-24-13-22-19-15(3)6-4-8-17(19)20(24)26/h4,6,8,13-14,16H,5,7,9-12H2,1-3H3,(H,21,25). The van der Waals surface area contributed by atoms with Crippen LogP contribution in [-0.4, -0.2) is 46.0 Å². The van der Waals surface area contributed by atoms with E-state index in [2.05, 4.69) is 29.0 Å². The molecule has 3 rings (SSSR count). The fraction of sp³-hybridized carbons (Fsp3) is 0.550. The molecule has 1 aliphatic heterocycles. The summed E-state index contributed by atoms with van der Waals surface area (Å²) in [5, 5.41) is 3.55. The molecule has 140 valence electrons.